The fourth-order valence-corrected chi connectivity index (χ4v) is 6.24. The van der Waals surface area contributed by atoms with Gasteiger partial charge >= 0.3 is 0 Å². The van der Waals surface area contributed by atoms with E-state index in [9.17, 15) is 0 Å². The maximum atomic E-state index is 6.62. The van der Waals surface area contributed by atoms with Gasteiger partial charge in [-0.3, -0.25) is 0 Å². The summed E-state index contributed by atoms with van der Waals surface area (Å²) >= 11 is 0. The molecule has 0 amide bonds. The van der Waals surface area contributed by atoms with Gasteiger partial charge in [-0.05, 0) is 72.8 Å². The van der Waals surface area contributed by atoms with Crippen molar-refractivity contribution in [1.29, 1.82) is 0 Å². The quantitative estimate of drug-likeness (QED) is 0.0872. The van der Waals surface area contributed by atoms with E-state index in [0.717, 1.165) is 0 Å². The van der Waals surface area contributed by atoms with Crippen molar-refractivity contribution in [2.24, 2.45) is 0 Å². The van der Waals surface area contributed by atoms with Crippen molar-refractivity contribution in [2.45, 2.75) is 0 Å². The molecule has 3 aromatic heterocycles. The van der Waals surface area contributed by atoms with E-state index in [1.807, 2.05) is 182 Å². The second-order valence-corrected chi connectivity index (χ2v) is 12.7. The summed E-state index contributed by atoms with van der Waals surface area (Å²) in [6.07, 6.45) is 0. The highest BCUT2D eigenvalue weighted by atomic mass is 16.5. The number of ether oxygens (including phenoxy) is 6. The molecule has 13 heteroatoms. The maximum Gasteiger partial charge on any atom is 0.283 e. The first-order chi connectivity index (χ1) is 28.7. The Labute approximate surface area is 333 Å². The minimum Gasteiger partial charge on any atom is -0.440 e. The van der Waals surface area contributed by atoms with Crippen molar-refractivity contribution in [3.63, 3.8) is 0 Å². The molecule has 0 bridgehead atoms. The molecule has 0 radical (unpaired) electrons. The fourth-order valence-electron chi connectivity index (χ4n) is 6.24. The largest absolute Gasteiger partial charge is 0.440 e. The molecule has 0 atom stereocenters. The minimum absolute atomic E-state index is 0.178. The first-order valence-electron chi connectivity index (χ1n) is 18.4. The third kappa shape index (κ3) is 7.95. The van der Waals surface area contributed by atoms with Crippen LogP contribution in [0.1, 0.15) is 0 Å². The van der Waals surface area contributed by atoms with Crippen molar-refractivity contribution >= 4 is 23.1 Å². The molecule has 0 saturated heterocycles. The Kier molecular flexibility index (Phi) is 10.2. The predicted molar refractivity (Wildman–Crippen MR) is 220 cm³/mol. The number of nitrogens with zero attached hydrogens (tertiary/aromatic N) is 3. The van der Waals surface area contributed by atoms with Crippen LogP contribution >= 0.6 is 0 Å². The monoisotopic (exact) mass is 764 g/mol. The first kappa shape index (κ1) is 35.5. The van der Waals surface area contributed by atoms with Crippen molar-refractivity contribution in [3.05, 3.63) is 182 Å². The van der Waals surface area contributed by atoms with Crippen LogP contribution in [0.4, 0.5) is 0 Å². The number of aromatic nitrogens is 6. The second kappa shape index (κ2) is 16.7. The number of hydrogen-bond acceptors (Lipinski definition) is 9. The standard InChI is InChI=1S/C45H33BN6O6/c1-7-19-31(20-8-1)53-40-37(41(48-47-40)54-32-21-9-2-10-22-32)46(38-42(55-33-23-11-3-12-24-33)49-50-43(38)56-34-25-13-4-14-26-34)39-44(57-35-27-15-5-16-28-35)51-52-45(39)58-36-29-17-6-18-30-36/h1-30H,(H,47,48)(H,49,50)(H,51,52). The lowest BCUT2D eigenvalue weighted by Gasteiger charge is -2.19. The van der Waals surface area contributed by atoms with Gasteiger partial charge in [0.05, 0.1) is 16.4 Å². The summed E-state index contributed by atoms with van der Waals surface area (Å²) in [5.74, 6) is 4.49. The number of H-pyrrole nitrogens is 3. The summed E-state index contributed by atoms with van der Waals surface area (Å²) in [4.78, 5) is 0. The van der Waals surface area contributed by atoms with Gasteiger partial charge in [0.1, 0.15) is 34.5 Å². The van der Waals surface area contributed by atoms with Gasteiger partial charge in [0.2, 0.25) is 35.3 Å². The van der Waals surface area contributed by atoms with Gasteiger partial charge in [-0.15, -0.1) is 15.3 Å². The van der Waals surface area contributed by atoms with Crippen LogP contribution in [0.3, 0.4) is 0 Å². The third-order valence-corrected chi connectivity index (χ3v) is 8.83. The Morgan fingerprint density at radius 2 is 0.483 bits per heavy atom. The topological polar surface area (TPSA) is 141 Å². The molecule has 0 saturated carbocycles. The lowest BCUT2D eigenvalue weighted by molar-refractivity contribution is 0.461. The Morgan fingerprint density at radius 3 is 0.707 bits per heavy atom. The third-order valence-electron chi connectivity index (χ3n) is 8.83. The molecule has 0 spiro atoms. The summed E-state index contributed by atoms with van der Waals surface area (Å²) in [6, 6.07) is 56.1. The molecule has 3 heterocycles. The number of aromatic amines is 3. The van der Waals surface area contributed by atoms with Crippen LogP contribution in [-0.2, 0) is 0 Å². The Bertz CT molecular complexity index is 2210. The van der Waals surface area contributed by atoms with Crippen LogP contribution in [0.2, 0.25) is 0 Å². The molecular formula is C45H33BN6O6. The summed E-state index contributed by atoms with van der Waals surface area (Å²) in [5, 5.41) is 23.4. The highest BCUT2D eigenvalue weighted by Gasteiger charge is 2.44. The molecule has 9 aromatic rings. The Balaban J connectivity index is 1.33. The van der Waals surface area contributed by atoms with Gasteiger partial charge in [-0.2, -0.15) is 0 Å². The van der Waals surface area contributed by atoms with E-state index in [-0.39, 0.29) is 35.3 Å². The molecule has 0 aliphatic rings. The van der Waals surface area contributed by atoms with Gasteiger partial charge in [-0.25, -0.2) is 15.3 Å². The zero-order valence-electron chi connectivity index (χ0n) is 30.7. The van der Waals surface area contributed by atoms with Crippen LogP contribution in [0.15, 0.2) is 182 Å². The molecule has 9 rings (SSSR count). The van der Waals surface area contributed by atoms with Gasteiger partial charge in [0, 0.05) is 0 Å². The lowest BCUT2D eigenvalue weighted by atomic mass is 9.37. The van der Waals surface area contributed by atoms with Crippen LogP contribution in [0, 0.1) is 0 Å². The molecule has 0 aliphatic carbocycles. The molecule has 3 N–H and O–H groups in total. The first-order valence-corrected chi connectivity index (χ1v) is 18.4. The van der Waals surface area contributed by atoms with Crippen LogP contribution in [0.5, 0.6) is 69.8 Å². The SMILES string of the molecule is c1ccc(Oc2n[nH]c(Oc3ccccc3)c2B(c2c(Oc3ccccc3)n[nH]c2Oc2ccccc2)c2c(Oc3ccccc3)n[nH]c2Oc2ccccc2)cc1. The van der Waals surface area contributed by atoms with E-state index in [2.05, 4.69) is 15.3 Å². The van der Waals surface area contributed by atoms with Crippen molar-refractivity contribution < 1.29 is 28.4 Å². The molecule has 58 heavy (non-hydrogen) atoms. The fraction of sp³-hybridized carbons (Fsp3) is 0. The lowest BCUT2D eigenvalue weighted by Crippen LogP contribution is -2.53. The van der Waals surface area contributed by atoms with Crippen molar-refractivity contribution in [1.82, 2.24) is 30.6 Å². The van der Waals surface area contributed by atoms with Gasteiger partial charge < -0.3 is 28.4 Å². The summed E-state index contributed by atoms with van der Waals surface area (Å²) in [6.45, 7) is -1.01. The molecule has 0 unspecified atom stereocenters. The predicted octanol–water partition coefficient (Wildman–Crippen LogP) is 9.13. The molecule has 0 aliphatic heterocycles. The van der Waals surface area contributed by atoms with Gasteiger partial charge in [0.25, 0.3) is 6.71 Å². The highest BCUT2D eigenvalue weighted by molar-refractivity contribution is 6.98. The summed E-state index contributed by atoms with van der Waals surface area (Å²) in [7, 11) is 0. The smallest absolute Gasteiger partial charge is 0.283 e. The van der Waals surface area contributed by atoms with Crippen LogP contribution in [-0.4, -0.2) is 37.3 Å². The number of benzene rings is 6. The second-order valence-electron chi connectivity index (χ2n) is 12.7. The average molecular weight is 765 g/mol. The van der Waals surface area contributed by atoms with E-state index in [4.69, 9.17) is 43.7 Å². The van der Waals surface area contributed by atoms with Crippen molar-refractivity contribution in [2.75, 3.05) is 0 Å². The van der Waals surface area contributed by atoms with E-state index < -0.39 is 6.71 Å². The maximum absolute atomic E-state index is 6.62. The Morgan fingerprint density at radius 1 is 0.276 bits per heavy atom. The average Bonchev–Trinajstić information content (AvgIpc) is 3.97. The zero-order chi connectivity index (χ0) is 38.9. The number of para-hydroxylation sites is 6. The van der Waals surface area contributed by atoms with E-state index in [1.54, 1.807) is 0 Å². The number of nitrogens with one attached hydrogen (secondary N) is 3. The summed E-state index contributed by atoms with van der Waals surface area (Å²) < 4.78 is 39.6. The highest BCUT2D eigenvalue weighted by Crippen LogP contribution is 2.33. The molecule has 282 valence electrons. The van der Waals surface area contributed by atoms with E-state index >= 15 is 0 Å². The molecule has 0 fully saturated rings. The minimum atomic E-state index is -1.01. The number of hydrogen-bond donors (Lipinski definition) is 3. The zero-order valence-corrected chi connectivity index (χ0v) is 30.7. The van der Waals surface area contributed by atoms with Gasteiger partial charge in [0.15, 0.2) is 0 Å². The van der Waals surface area contributed by atoms with Crippen LogP contribution in [0.25, 0.3) is 0 Å². The van der Waals surface area contributed by atoms with E-state index in [1.165, 1.54) is 0 Å². The summed E-state index contributed by atoms with van der Waals surface area (Å²) in [5.41, 5.74) is 1.26. The van der Waals surface area contributed by atoms with Crippen molar-refractivity contribution in [3.8, 4) is 69.8 Å². The van der Waals surface area contributed by atoms with Gasteiger partial charge in [-0.1, -0.05) is 109 Å². The Hall–Kier alpha value is -8.19. The normalized spacial score (nSPS) is 10.8. The van der Waals surface area contributed by atoms with Crippen LogP contribution < -0.4 is 44.8 Å². The van der Waals surface area contributed by atoms with E-state index in [0.29, 0.717) is 50.9 Å². The molecular weight excluding hydrogens is 731 g/mol. The number of rotatable bonds is 15. The molecule has 6 aromatic carbocycles. The molecule has 12 nitrogen and oxygen atoms in total.